The normalized spacial score (nSPS) is 15.4. The second kappa shape index (κ2) is 10.6. The molecule has 0 atom stereocenters. The largest absolute Gasteiger partial charge is 0.494 e. The van der Waals surface area contributed by atoms with Gasteiger partial charge >= 0.3 is 5.69 Å². The molecule has 0 spiro atoms. The second-order valence-electron chi connectivity index (χ2n) is 8.37. The van der Waals surface area contributed by atoms with Crippen LogP contribution in [0.2, 0.25) is 0 Å². The lowest BCUT2D eigenvalue weighted by atomic mass is 9.98. The number of H-pyrrole nitrogens is 1. The SMILES string of the molecule is O=C(NO)C1(S(=O)(=O)c2ccc(OCCCn3c(O)c(-c4ccccc4)[nH]c3=O)cc2)CCOCC1. The smallest absolute Gasteiger partial charge is 0.328 e. The molecular weight excluding hydrogens is 490 g/mol. The van der Waals surface area contributed by atoms with E-state index in [9.17, 15) is 23.1 Å². The lowest BCUT2D eigenvalue weighted by molar-refractivity contribution is -0.134. The summed E-state index contributed by atoms with van der Waals surface area (Å²) in [6.07, 6.45) is 0.258. The summed E-state index contributed by atoms with van der Waals surface area (Å²) in [5, 5.41) is 19.6. The van der Waals surface area contributed by atoms with Crippen LogP contribution in [0.1, 0.15) is 19.3 Å². The molecule has 1 fully saturated rings. The number of imidazole rings is 1. The van der Waals surface area contributed by atoms with Crippen molar-refractivity contribution in [1.82, 2.24) is 15.0 Å². The fourth-order valence-corrected chi connectivity index (χ4v) is 6.19. The van der Waals surface area contributed by atoms with Gasteiger partial charge in [0.2, 0.25) is 5.88 Å². The summed E-state index contributed by atoms with van der Waals surface area (Å²) in [4.78, 5) is 27.2. The Balaban J connectivity index is 1.39. The predicted molar refractivity (Wildman–Crippen MR) is 129 cm³/mol. The summed E-state index contributed by atoms with van der Waals surface area (Å²) < 4.78 is 36.8. The summed E-state index contributed by atoms with van der Waals surface area (Å²) in [7, 11) is -4.12. The first-order valence-electron chi connectivity index (χ1n) is 11.4. The van der Waals surface area contributed by atoms with Crippen molar-refractivity contribution in [1.29, 1.82) is 0 Å². The lowest BCUT2D eigenvalue weighted by Gasteiger charge is -2.34. The Morgan fingerprint density at radius 1 is 1.11 bits per heavy atom. The number of nitrogens with zero attached hydrogens (tertiary/aromatic N) is 1. The molecule has 4 N–H and O–H groups in total. The third-order valence-corrected chi connectivity index (χ3v) is 8.79. The van der Waals surface area contributed by atoms with E-state index in [0.717, 1.165) is 0 Å². The molecule has 1 aliphatic heterocycles. The molecule has 3 aromatic rings. The Kier molecular flexibility index (Phi) is 7.48. The van der Waals surface area contributed by atoms with E-state index in [2.05, 4.69) is 4.98 Å². The molecule has 0 unspecified atom stereocenters. The van der Waals surface area contributed by atoms with Gasteiger partial charge in [-0.3, -0.25) is 14.6 Å². The molecule has 0 aliphatic carbocycles. The molecule has 4 rings (SSSR count). The number of benzene rings is 2. The summed E-state index contributed by atoms with van der Waals surface area (Å²) in [5.74, 6) is -0.739. The van der Waals surface area contributed by atoms with Crippen molar-refractivity contribution < 1.29 is 33.0 Å². The number of nitrogens with one attached hydrogen (secondary N) is 2. The quantitative estimate of drug-likeness (QED) is 0.190. The molecular formula is C24H27N3O8S. The van der Waals surface area contributed by atoms with Crippen molar-refractivity contribution in [2.24, 2.45) is 0 Å². The number of hydrogen-bond acceptors (Lipinski definition) is 8. The zero-order chi connectivity index (χ0) is 25.8. The molecule has 0 saturated carbocycles. The molecule has 12 heteroatoms. The van der Waals surface area contributed by atoms with Crippen molar-refractivity contribution >= 4 is 15.7 Å². The van der Waals surface area contributed by atoms with E-state index in [4.69, 9.17) is 14.7 Å². The van der Waals surface area contributed by atoms with Crippen LogP contribution in [0, 0.1) is 0 Å². The van der Waals surface area contributed by atoms with Crippen molar-refractivity contribution in [2.75, 3.05) is 19.8 Å². The number of amides is 1. The fraction of sp³-hybridized carbons (Fsp3) is 0.333. The van der Waals surface area contributed by atoms with Gasteiger partial charge in [0.1, 0.15) is 11.4 Å². The standard InChI is InChI=1S/C24H27N3O8S/c28-21-20(17-5-2-1-3-6-17)25-23(30)27(21)13-4-14-35-18-7-9-19(10-8-18)36(32,33)24(22(29)26-31)11-15-34-16-12-24/h1-3,5-10,28,31H,4,11-16H2,(H,25,30)(H,26,29). The van der Waals surface area contributed by atoms with E-state index in [-0.39, 0.29) is 50.0 Å². The van der Waals surface area contributed by atoms with Crippen LogP contribution in [0.15, 0.2) is 64.3 Å². The van der Waals surface area contributed by atoms with E-state index >= 15 is 0 Å². The van der Waals surface area contributed by atoms with E-state index in [1.54, 1.807) is 24.3 Å². The Bertz CT molecular complexity index is 1360. The van der Waals surface area contributed by atoms with Crippen LogP contribution < -0.4 is 15.9 Å². The van der Waals surface area contributed by atoms with Crippen LogP contribution in [0.4, 0.5) is 0 Å². The monoisotopic (exact) mass is 517 g/mol. The van der Waals surface area contributed by atoms with Crippen molar-refractivity contribution in [3.8, 4) is 22.9 Å². The topological polar surface area (TPSA) is 160 Å². The zero-order valence-corrected chi connectivity index (χ0v) is 20.2. The first-order chi connectivity index (χ1) is 17.3. The minimum Gasteiger partial charge on any atom is -0.494 e. The Morgan fingerprint density at radius 3 is 2.42 bits per heavy atom. The summed E-state index contributed by atoms with van der Waals surface area (Å²) in [5.41, 5.74) is 2.09. The highest BCUT2D eigenvalue weighted by Crippen LogP contribution is 2.35. The van der Waals surface area contributed by atoms with E-state index in [0.29, 0.717) is 23.4 Å². The van der Waals surface area contributed by atoms with Gasteiger partial charge in [0.25, 0.3) is 5.91 Å². The number of sulfone groups is 1. The molecule has 0 bridgehead atoms. The zero-order valence-electron chi connectivity index (χ0n) is 19.3. The third-order valence-electron chi connectivity index (χ3n) is 6.28. The van der Waals surface area contributed by atoms with Gasteiger partial charge in [-0.1, -0.05) is 30.3 Å². The average Bonchev–Trinajstić information content (AvgIpc) is 3.20. The first-order valence-corrected chi connectivity index (χ1v) is 12.9. The summed E-state index contributed by atoms with van der Waals surface area (Å²) >= 11 is 0. The van der Waals surface area contributed by atoms with Gasteiger partial charge in [0.05, 0.1) is 11.5 Å². The highest BCUT2D eigenvalue weighted by atomic mass is 32.2. The Hall–Kier alpha value is -3.61. The maximum absolute atomic E-state index is 13.3. The molecule has 2 aromatic carbocycles. The van der Waals surface area contributed by atoms with Gasteiger partial charge in [-0.15, -0.1) is 0 Å². The fourth-order valence-electron chi connectivity index (χ4n) is 4.25. The van der Waals surface area contributed by atoms with Gasteiger partial charge in [-0.2, -0.15) is 0 Å². The van der Waals surface area contributed by atoms with Crippen molar-refractivity contribution in [3.05, 3.63) is 65.1 Å². The number of aromatic nitrogens is 2. The van der Waals surface area contributed by atoms with Crippen LogP contribution >= 0.6 is 0 Å². The number of hydrogen-bond donors (Lipinski definition) is 4. The highest BCUT2D eigenvalue weighted by molar-refractivity contribution is 7.93. The van der Waals surface area contributed by atoms with Gasteiger partial charge in [-0.25, -0.2) is 18.7 Å². The van der Waals surface area contributed by atoms with E-state index < -0.39 is 26.2 Å². The van der Waals surface area contributed by atoms with Crippen molar-refractivity contribution in [3.63, 3.8) is 0 Å². The molecule has 0 radical (unpaired) electrons. The van der Waals surface area contributed by atoms with Crippen LogP contribution in [0.25, 0.3) is 11.3 Å². The third kappa shape index (κ3) is 4.74. The minimum absolute atomic E-state index is 0.0717. The molecule has 1 aliphatic rings. The number of hydroxylamine groups is 1. The summed E-state index contributed by atoms with van der Waals surface area (Å²) in [6.45, 7) is 0.584. The van der Waals surface area contributed by atoms with Crippen molar-refractivity contribution in [2.45, 2.75) is 35.4 Å². The van der Waals surface area contributed by atoms with Gasteiger partial charge in [0.15, 0.2) is 14.6 Å². The van der Waals surface area contributed by atoms with Gasteiger partial charge < -0.3 is 19.6 Å². The maximum Gasteiger partial charge on any atom is 0.328 e. The number of ether oxygens (including phenoxy) is 2. The number of carbonyl (C=O) groups excluding carboxylic acids is 1. The summed E-state index contributed by atoms with van der Waals surface area (Å²) in [6, 6.07) is 14.7. The number of aromatic hydroxyl groups is 1. The molecule has 1 aromatic heterocycles. The second-order valence-corrected chi connectivity index (χ2v) is 10.6. The molecule has 1 saturated heterocycles. The van der Waals surface area contributed by atoms with Crippen LogP contribution in [0.5, 0.6) is 11.6 Å². The molecule has 192 valence electrons. The van der Waals surface area contributed by atoms with Gasteiger partial charge in [0, 0.05) is 25.3 Å². The minimum atomic E-state index is -4.12. The Morgan fingerprint density at radius 2 is 1.78 bits per heavy atom. The Labute approximate surface area is 207 Å². The average molecular weight is 518 g/mol. The predicted octanol–water partition coefficient (Wildman–Crippen LogP) is 1.85. The maximum atomic E-state index is 13.3. The van der Waals surface area contributed by atoms with Crippen LogP contribution in [0.3, 0.4) is 0 Å². The van der Waals surface area contributed by atoms with Gasteiger partial charge in [-0.05, 0) is 43.5 Å². The molecule has 2 heterocycles. The number of aromatic amines is 1. The van der Waals surface area contributed by atoms with E-state index in [1.165, 1.54) is 34.3 Å². The number of rotatable bonds is 9. The molecule has 1 amide bonds. The lowest BCUT2D eigenvalue weighted by Crippen LogP contribution is -2.54. The van der Waals surface area contributed by atoms with Crippen LogP contribution in [-0.2, 0) is 25.9 Å². The molecule has 36 heavy (non-hydrogen) atoms. The first kappa shape index (κ1) is 25.5. The van der Waals surface area contributed by atoms with E-state index in [1.807, 2.05) is 6.07 Å². The highest BCUT2D eigenvalue weighted by Gasteiger charge is 2.52. The van der Waals surface area contributed by atoms with Crippen LogP contribution in [-0.4, -0.2) is 58.8 Å². The molecule has 11 nitrogen and oxygen atoms in total. The number of carbonyl (C=O) groups is 1.